The molecule has 3 aromatic carbocycles. The molecule has 0 fully saturated rings. The molecule has 0 N–H and O–H groups in total. The highest BCUT2D eigenvalue weighted by molar-refractivity contribution is 5.71. The van der Waals surface area contributed by atoms with Gasteiger partial charge in [-0.25, -0.2) is 4.39 Å². The average molecular weight is 395 g/mol. The van der Waals surface area contributed by atoms with E-state index < -0.39 is 11.6 Å². The fourth-order valence-electron chi connectivity index (χ4n) is 3.28. The molecule has 3 aromatic rings. The average Bonchev–Trinajstić information content (AvgIpc) is 2.76. The first-order valence-corrected chi connectivity index (χ1v) is 10.4. The van der Waals surface area contributed by atoms with Crippen LogP contribution in [0.4, 0.5) is 8.78 Å². The lowest BCUT2D eigenvalue weighted by Crippen LogP contribution is -2.01. The molecule has 0 heterocycles. The Morgan fingerprint density at radius 3 is 1.86 bits per heavy atom. The normalized spacial score (nSPS) is 10.9. The number of hydrogen-bond acceptors (Lipinski definition) is 1. The predicted octanol–water partition coefficient (Wildman–Crippen LogP) is 7.82. The van der Waals surface area contributed by atoms with Crippen molar-refractivity contribution in [3.63, 3.8) is 0 Å². The molecule has 0 aliphatic carbocycles. The molecular weight excluding hydrogens is 366 g/mol. The lowest BCUT2D eigenvalue weighted by molar-refractivity contribution is 0.289. The monoisotopic (exact) mass is 394 g/mol. The van der Waals surface area contributed by atoms with Gasteiger partial charge in [-0.1, -0.05) is 75.2 Å². The zero-order valence-electron chi connectivity index (χ0n) is 17.2. The molecule has 29 heavy (non-hydrogen) atoms. The van der Waals surface area contributed by atoms with E-state index in [9.17, 15) is 8.78 Å². The Labute approximate surface area is 172 Å². The smallest absolute Gasteiger partial charge is 0.201 e. The van der Waals surface area contributed by atoms with E-state index in [2.05, 4.69) is 31.2 Å². The van der Waals surface area contributed by atoms with Gasteiger partial charge in [-0.15, -0.1) is 0 Å². The van der Waals surface area contributed by atoms with Crippen molar-refractivity contribution in [1.82, 2.24) is 0 Å². The van der Waals surface area contributed by atoms with Gasteiger partial charge in [0.2, 0.25) is 5.82 Å². The zero-order chi connectivity index (χ0) is 20.6. The maximum absolute atomic E-state index is 14.6. The van der Waals surface area contributed by atoms with Crippen molar-refractivity contribution in [2.45, 2.75) is 46.0 Å². The van der Waals surface area contributed by atoms with Crippen molar-refractivity contribution >= 4 is 0 Å². The van der Waals surface area contributed by atoms with Crippen LogP contribution in [0.2, 0.25) is 0 Å². The largest absolute Gasteiger partial charge is 0.490 e. The van der Waals surface area contributed by atoms with Crippen molar-refractivity contribution in [2.24, 2.45) is 0 Å². The number of ether oxygens (including phenoxy) is 1. The molecule has 0 unspecified atom stereocenters. The van der Waals surface area contributed by atoms with Crippen LogP contribution < -0.4 is 4.74 Å². The Bertz CT molecular complexity index is 915. The molecule has 0 spiro atoms. The van der Waals surface area contributed by atoms with Gasteiger partial charge in [-0.2, -0.15) is 4.39 Å². The lowest BCUT2D eigenvalue weighted by atomic mass is 9.98. The maximum Gasteiger partial charge on any atom is 0.201 e. The summed E-state index contributed by atoms with van der Waals surface area (Å²) in [6, 6.07) is 19.2. The Kier molecular flexibility index (Phi) is 7.40. The van der Waals surface area contributed by atoms with Crippen LogP contribution in [-0.2, 0) is 6.42 Å². The summed E-state index contributed by atoms with van der Waals surface area (Å²) in [5, 5.41) is 0. The highest BCUT2D eigenvalue weighted by Crippen LogP contribution is 2.31. The molecule has 0 amide bonds. The van der Waals surface area contributed by atoms with Gasteiger partial charge in [0.1, 0.15) is 0 Å². The van der Waals surface area contributed by atoms with Gasteiger partial charge < -0.3 is 4.74 Å². The van der Waals surface area contributed by atoms with Crippen LogP contribution >= 0.6 is 0 Å². The van der Waals surface area contributed by atoms with Crippen molar-refractivity contribution in [1.29, 1.82) is 0 Å². The van der Waals surface area contributed by atoms with Gasteiger partial charge in [0.05, 0.1) is 6.61 Å². The maximum atomic E-state index is 14.6. The fourth-order valence-corrected chi connectivity index (χ4v) is 3.28. The molecule has 0 saturated heterocycles. The summed E-state index contributed by atoms with van der Waals surface area (Å²) < 4.78 is 34.3. The van der Waals surface area contributed by atoms with Crippen molar-refractivity contribution in [3.05, 3.63) is 77.9 Å². The third kappa shape index (κ3) is 5.23. The summed E-state index contributed by atoms with van der Waals surface area (Å²) >= 11 is 0. The number of unbranched alkanes of at least 4 members (excludes halogenated alkanes) is 2. The summed E-state index contributed by atoms with van der Waals surface area (Å²) in [7, 11) is 0. The van der Waals surface area contributed by atoms with Crippen LogP contribution in [-0.4, -0.2) is 6.61 Å². The molecular formula is C26H28F2O. The molecule has 0 atom stereocenters. The van der Waals surface area contributed by atoms with E-state index in [0.717, 1.165) is 30.4 Å². The number of rotatable bonds is 9. The highest BCUT2D eigenvalue weighted by Gasteiger charge is 2.16. The second-order valence-electron chi connectivity index (χ2n) is 7.32. The summed E-state index contributed by atoms with van der Waals surface area (Å²) in [4.78, 5) is 0. The molecule has 0 aromatic heterocycles. The highest BCUT2D eigenvalue weighted by atomic mass is 19.2. The van der Waals surface area contributed by atoms with Crippen molar-refractivity contribution in [3.8, 4) is 28.0 Å². The summed E-state index contributed by atoms with van der Waals surface area (Å²) in [6.45, 7) is 4.60. The first-order valence-electron chi connectivity index (χ1n) is 10.4. The SMILES string of the molecule is CCCCOc1ccc(-c2ccc(-c3ccc(CCCC)cc3)cc2)c(F)c1F. The van der Waals surface area contributed by atoms with E-state index >= 15 is 0 Å². The molecule has 3 rings (SSSR count). The topological polar surface area (TPSA) is 9.23 Å². The van der Waals surface area contributed by atoms with E-state index in [0.29, 0.717) is 12.2 Å². The standard InChI is InChI=1S/C26H28F2O/c1-3-5-7-19-8-10-20(11-9-19)21-12-14-22(15-13-21)23-16-17-24(26(28)25(23)27)29-18-6-4-2/h8-17H,3-7,18H2,1-2H3. The second kappa shape index (κ2) is 10.2. The molecule has 152 valence electrons. The first-order chi connectivity index (χ1) is 14.1. The Hall–Kier alpha value is -2.68. The number of benzene rings is 3. The third-order valence-corrected chi connectivity index (χ3v) is 5.10. The fraction of sp³-hybridized carbons (Fsp3) is 0.308. The van der Waals surface area contributed by atoms with Gasteiger partial charge in [0.25, 0.3) is 0 Å². The molecule has 3 heteroatoms. The van der Waals surface area contributed by atoms with Crippen LogP contribution in [0.25, 0.3) is 22.3 Å². The van der Waals surface area contributed by atoms with E-state index in [4.69, 9.17) is 4.74 Å². The number of halogens is 2. The van der Waals surface area contributed by atoms with E-state index in [1.165, 1.54) is 24.5 Å². The van der Waals surface area contributed by atoms with Crippen LogP contribution in [0.1, 0.15) is 45.1 Å². The number of hydrogen-bond donors (Lipinski definition) is 0. The van der Waals surface area contributed by atoms with Gasteiger partial charge in [0, 0.05) is 5.56 Å². The van der Waals surface area contributed by atoms with Crippen LogP contribution in [0.15, 0.2) is 60.7 Å². The quantitative estimate of drug-likeness (QED) is 0.336. The summed E-state index contributed by atoms with van der Waals surface area (Å²) in [5.74, 6) is -1.82. The molecule has 0 radical (unpaired) electrons. The molecule has 0 aliphatic rings. The minimum atomic E-state index is -0.926. The molecule has 1 nitrogen and oxygen atoms in total. The summed E-state index contributed by atoms with van der Waals surface area (Å²) in [5.41, 5.74) is 4.39. The predicted molar refractivity (Wildman–Crippen MR) is 116 cm³/mol. The van der Waals surface area contributed by atoms with Gasteiger partial charge in [0.15, 0.2) is 11.6 Å². The Morgan fingerprint density at radius 2 is 1.24 bits per heavy atom. The Balaban J connectivity index is 1.77. The minimum Gasteiger partial charge on any atom is -0.490 e. The summed E-state index contributed by atoms with van der Waals surface area (Å²) in [6.07, 6.45) is 5.23. The van der Waals surface area contributed by atoms with Gasteiger partial charge >= 0.3 is 0 Å². The number of aryl methyl sites for hydroxylation is 1. The van der Waals surface area contributed by atoms with Gasteiger partial charge in [-0.3, -0.25) is 0 Å². The third-order valence-electron chi connectivity index (χ3n) is 5.10. The van der Waals surface area contributed by atoms with Gasteiger partial charge in [-0.05, 0) is 53.6 Å². The lowest BCUT2D eigenvalue weighted by Gasteiger charge is -2.11. The van der Waals surface area contributed by atoms with Crippen molar-refractivity contribution in [2.75, 3.05) is 6.61 Å². The van der Waals surface area contributed by atoms with E-state index in [1.807, 2.05) is 31.2 Å². The van der Waals surface area contributed by atoms with Crippen LogP contribution in [0, 0.1) is 11.6 Å². The van der Waals surface area contributed by atoms with E-state index in [-0.39, 0.29) is 11.3 Å². The minimum absolute atomic E-state index is 0.0283. The molecule has 0 aliphatic heterocycles. The van der Waals surface area contributed by atoms with Crippen LogP contribution in [0.5, 0.6) is 5.75 Å². The second-order valence-corrected chi connectivity index (χ2v) is 7.32. The zero-order valence-corrected chi connectivity index (χ0v) is 17.2. The first kappa shape index (κ1) is 21.0. The Morgan fingerprint density at radius 1 is 0.655 bits per heavy atom. The van der Waals surface area contributed by atoms with Crippen LogP contribution in [0.3, 0.4) is 0 Å². The molecule has 0 bridgehead atoms. The van der Waals surface area contributed by atoms with Crippen molar-refractivity contribution < 1.29 is 13.5 Å². The molecule has 0 saturated carbocycles. The van der Waals surface area contributed by atoms with E-state index in [1.54, 1.807) is 6.07 Å².